The highest BCUT2D eigenvalue weighted by Crippen LogP contribution is 2.26. The van der Waals surface area contributed by atoms with Gasteiger partial charge in [-0.05, 0) is 30.9 Å². The van der Waals surface area contributed by atoms with E-state index < -0.39 is 0 Å². The summed E-state index contributed by atoms with van der Waals surface area (Å²) < 4.78 is 5.83. The number of ketones is 1. The number of unbranched alkanes of at least 4 members (excludes halogenated alkanes) is 5. The number of aromatic hydroxyl groups is 1. The maximum atomic E-state index is 12.2. The standard InChI is InChI=1S/C22H36O3/c1-4-7-9-10-11-13-21(23)20-15-14-19(16-22(20)24)25-17-18(6-3)12-8-5-2/h14-16,18,24H,4-13,17H2,1-3H3. The molecule has 3 heteroatoms. The number of hydrogen-bond donors (Lipinski definition) is 1. The Bertz CT molecular complexity index is 496. The average molecular weight is 349 g/mol. The summed E-state index contributed by atoms with van der Waals surface area (Å²) in [6.45, 7) is 7.23. The highest BCUT2D eigenvalue weighted by molar-refractivity contribution is 5.98. The summed E-state index contributed by atoms with van der Waals surface area (Å²) in [7, 11) is 0. The van der Waals surface area contributed by atoms with Crippen molar-refractivity contribution in [2.45, 2.75) is 85.0 Å². The Kier molecular flexibility index (Phi) is 11.0. The number of rotatable bonds is 14. The van der Waals surface area contributed by atoms with Crippen LogP contribution in [-0.4, -0.2) is 17.5 Å². The second-order valence-electron chi connectivity index (χ2n) is 6.99. The zero-order valence-electron chi connectivity index (χ0n) is 16.4. The fraction of sp³-hybridized carbons (Fsp3) is 0.682. The average Bonchev–Trinajstić information content (AvgIpc) is 2.61. The van der Waals surface area contributed by atoms with Gasteiger partial charge in [0, 0.05) is 12.5 Å². The predicted molar refractivity (Wildman–Crippen MR) is 105 cm³/mol. The van der Waals surface area contributed by atoms with E-state index in [2.05, 4.69) is 20.8 Å². The van der Waals surface area contributed by atoms with Gasteiger partial charge in [-0.2, -0.15) is 0 Å². The van der Waals surface area contributed by atoms with E-state index in [1.165, 1.54) is 38.5 Å². The van der Waals surface area contributed by atoms with Crippen molar-refractivity contribution in [2.24, 2.45) is 5.92 Å². The topological polar surface area (TPSA) is 46.5 Å². The summed E-state index contributed by atoms with van der Waals surface area (Å²) in [5.74, 6) is 1.26. The molecule has 3 nitrogen and oxygen atoms in total. The zero-order valence-corrected chi connectivity index (χ0v) is 16.4. The summed E-state index contributed by atoms with van der Waals surface area (Å²) in [6, 6.07) is 5.08. The molecule has 142 valence electrons. The lowest BCUT2D eigenvalue weighted by Crippen LogP contribution is -2.11. The lowest BCUT2D eigenvalue weighted by Gasteiger charge is -2.16. The number of ether oxygens (including phenoxy) is 1. The summed E-state index contributed by atoms with van der Waals surface area (Å²) in [6.07, 6.45) is 10.8. The minimum absolute atomic E-state index is 0.0231. The molecule has 25 heavy (non-hydrogen) atoms. The highest BCUT2D eigenvalue weighted by atomic mass is 16.5. The molecule has 1 aromatic rings. The van der Waals surface area contributed by atoms with Crippen LogP contribution in [0.4, 0.5) is 0 Å². The SMILES string of the molecule is CCCCCCCC(=O)c1ccc(OCC(CC)CCCC)cc1O. The van der Waals surface area contributed by atoms with Crippen LogP contribution in [0.25, 0.3) is 0 Å². The minimum atomic E-state index is 0.0231. The van der Waals surface area contributed by atoms with Crippen LogP contribution >= 0.6 is 0 Å². The molecule has 1 N–H and O–H groups in total. The van der Waals surface area contributed by atoms with E-state index >= 15 is 0 Å². The molecule has 0 amide bonds. The van der Waals surface area contributed by atoms with Crippen LogP contribution in [0.5, 0.6) is 11.5 Å². The van der Waals surface area contributed by atoms with Crippen LogP contribution in [0.3, 0.4) is 0 Å². The van der Waals surface area contributed by atoms with Crippen LogP contribution in [0, 0.1) is 5.92 Å². The zero-order chi connectivity index (χ0) is 18.5. The molecule has 1 atom stereocenters. The van der Waals surface area contributed by atoms with Crippen molar-refractivity contribution < 1.29 is 14.6 Å². The third-order valence-electron chi connectivity index (χ3n) is 4.81. The Hall–Kier alpha value is -1.51. The van der Waals surface area contributed by atoms with Gasteiger partial charge < -0.3 is 9.84 Å². The summed E-state index contributed by atoms with van der Waals surface area (Å²) >= 11 is 0. The lowest BCUT2D eigenvalue weighted by molar-refractivity contribution is 0.0976. The Morgan fingerprint density at radius 2 is 1.76 bits per heavy atom. The Labute approximate surface area is 153 Å². The maximum Gasteiger partial charge on any atom is 0.166 e. The third kappa shape index (κ3) is 8.42. The fourth-order valence-electron chi connectivity index (χ4n) is 2.97. The number of carbonyl (C=O) groups is 1. The normalized spacial score (nSPS) is 12.1. The molecule has 0 heterocycles. The predicted octanol–water partition coefficient (Wildman–Crippen LogP) is 6.53. The molecule has 1 rings (SSSR count). The summed E-state index contributed by atoms with van der Waals surface area (Å²) in [4.78, 5) is 12.2. The first kappa shape index (κ1) is 21.5. The Morgan fingerprint density at radius 1 is 1.04 bits per heavy atom. The molecule has 1 unspecified atom stereocenters. The van der Waals surface area contributed by atoms with Crippen molar-refractivity contribution in [3.05, 3.63) is 23.8 Å². The minimum Gasteiger partial charge on any atom is -0.507 e. The smallest absolute Gasteiger partial charge is 0.166 e. The molecule has 0 aromatic heterocycles. The molecule has 0 radical (unpaired) electrons. The van der Waals surface area contributed by atoms with Gasteiger partial charge in [0.1, 0.15) is 11.5 Å². The van der Waals surface area contributed by atoms with Crippen molar-refractivity contribution in [1.29, 1.82) is 0 Å². The first-order valence-corrected chi connectivity index (χ1v) is 10.1. The third-order valence-corrected chi connectivity index (χ3v) is 4.81. The second kappa shape index (κ2) is 12.8. The van der Waals surface area contributed by atoms with E-state index in [0.717, 1.165) is 19.3 Å². The van der Waals surface area contributed by atoms with Crippen molar-refractivity contribution in [2.75, 3.05) is 6.61 Å². The molecule has 0 fully saturated rings. The van der Waals surface area contributed by atoms with Gasteiger partial charge in [0.2, 0.25) is 0 Å². The first-order chi connectivity index (χ1) is 12.1. The molecule has 1 aromatic carbocycles. The van der Waals surface area contributed by atoms with Crippen LogP contribution < -0.4 is 4.74 Å². The lowest BCUT2D eigenvalue weighted by atomic mass is 10.0. The Morgan fingerprint density at radius 3 is 2.40 bits per heavy atom. The molecule has 0 aliphatic rings. The largest absolute Gasteiger partial charge is 0.507 e. The van der Waals surface area contributed by atoms with Crippen LogP contribution in [0.1, 0.15) is 95.3 Å². The number of benzene rings is 1. The van der Waals surface area contributed by atoms with Gasteiger partial charge in [-0.25, -0.2) is 0 Å². The highest BCUT2D eigenvalue weighted by Gasteiger charge is 2.13. The van der Waals surface area contributed by atoms with Gasteiger partial charge in [0.15, 0.2) is 5.78 Å². The number of phenolic OH excluding ortho intramolecular Hbond substituents is 1. The molecule has 0 saturated heterocycles. The van der Waals surface area contributed by atoms with E-state index in [1.807, 2.05) is 0 Å². The van der Waals surface area contributed by atoms with Gasteiger partial charge in [-0.1, -0.05) is 65.7 Å². The van der Waals surface area contributed by atoms with Crippen LogP contribution in [0.15, 0.2) is 18.2 Å². The first-order valence-electron chi connectivity index (χ1n) is 10.1. The van der Waals surface area contributed by atoms with Gasteiger partial charge in [0.05, 0.1) is 12.2 Å². The number of carbonyl (C=O) groups excluding carboxylic acids is 1. The molecular weight excluding hydrogens is 312 g/mol. The second-order valence-corrected chi connectivity index (χ2v) is 6.99. The van der Waals surface area contributed by atoms with Gasteiger partial charge in [0.25, 0.3) is 0 Å². The van der Waals surface area contributed by atoms with Crippen LogP contribution in [0.2, 0.25) is 0 Å². The van der Waals surface area contributed by atoms with Crippen LogP contribution in [-0.2, 0) is 0 Å². The molecular formula is C22H36O3. The molecule has 0 aliphatic carbocycles. The summed E-state index contributed by atoms with van der Waals surface area (Å²) in [5.41, 5.74) is 0.417. The number of phenols is 1. The molecule has 0 spiro atoms. The quantitative estimate of drug-likeness (QED) is 0.307. The fourth-order valence-corrected chi connectivity index (χ4v) is 2.97. The maximum absolute atomic E-state index is 12.2. The van der Waals surface area contributed by atoms with Gasteiger partial charge in [-0.15, -0.1) is 0 Å². The monoisotopic (exact) mass is 348 g/mol. The van der Waals surface area contributed by atoms with Gasteiger partial charge in [-0.3, -0.25) is 4.79 Å². The van der Waals surface area contributed by atoms with E-state index in [1.54, 1.807) is 18.2 Å². The number of hydrogen-bond acceptors (Lipinski definition) is 3. The molecule has 0 saturated carbocycles. The summed E-state index contributed by atoms with van der Waals surface area (Å²) in [5, 5.41) is 10.2. The van der Waals surface area contributed by atoms with E-state index in [0.29, 0.717) is 30.3 Å². The Balaban J connectivity index is 2.48. The van der Waals surface area contributed by atoms with E-state index in [9.17, 15) is 9.90 Å². The van der Waals surface area contributed by atoms with Crippen molar-refractivity contribution in [1.82, 2.24) is 0 Å². The van der Waals surface area contributed by atoms with E-state index in [4.69, 9.17) is 4.74 Å². The van der Waals surface area contributed by atoms with Crippen molar-refractivity contribution in [3.63, 3.8) is 0 Å². The van der Waals surface area contributed by atoms with Gasteiger partial charge >= 0.3 is 0 Å². The number of Topliss-reactive ketones (excluding diaryl/α,β-unsaturated/α-hetero) is 1. The van der Waals surface area contributed by atoms with E-state index in [-0.39, 0.29) is 11.5 Å². The molecule has 0 bridgehead atoms. The molecule has 0 aliphatic heterocycles. The van der Waals surface area contributed by atoms with Crippen molar-refractivity contribution >= 4 is 5.78 Å². The van der Waals surface area contributed by atoms with Crippen molar-refractivity contribution in [3.8, 4) is 11.5 Å².